The molecule has 3 amide bonds. The van der Waals surface area contributed by atoms with Crippen molar-refractivity contribution in [3.05, 3.63) is 41.0 Å². The standard InChI is InChI=1S/C25H28F5N7O4/c1-12-18(36-41-35-12)21(38)34-17(9-40-23(2,3)25(28,29)30)20-32-15-7-6-14(8-16(15)33-20)19(13-4-5-13)37-11-24(26,27)10-31-22(37)39/h6-8,13,17,19H,4-5,9-11H2,1-3H3,(H,31,39)(H,32,33)(H,34,38)/t17-,19+/m0/s1/i11D2. The Morgan fingerprint density at radius 2 is 2.05 bits per heavy atom. The highest BCUT2D eigenvalue weighted by Gasteiger charge is 2.49. The molecule has 2 fully saturated rings. The Labute approximate surface area is 232 Å². The van der Waals surface area contributed by atoms with E-state index in [2.05, 4.69) is 35.5 Å². The second-order valence-corrected chi connectivity index (χ2v) is 10.6. The van der Waals surface area contributed by atoms with Crippen LogP contribution in [0, 0.1) is 12.8 Å². The summed E-state index contributed by atoms with van der Waals surface area (Å²) in [5.41, 5.74) is -1.68. The van der Waals surface area contributed by atoms with Gasteiger partial charge in [0.25, 0.3) is 11.8 Å². The van der Waals surface area contributed by atoms with Crippen molar-refractivity contribution in [1.29, 1.82) is 0 Å². The number of aryl methyl sites for hydroxylation is 1. The first-order valence-electron chi connectivity index (χ1n) is 13.7. The van der Waals surface area contributed by atoms with Crippen LogP contribution in [0.4, 0.5) is 26.7 Å². The lowest BCUT2D eigenvalue weighted by Gasteiger charge is -2.38. The van der Waals surface area contributed by atoms with E-state index >= 15 is 0 Å². The van der Waals surface area contributed by atoms with Gasteiger partial charge in [0.15, 0.2) is 11.3 Å². The van der Waals surface area contributed by atoms with Gasteiger partial charge in [0.05, 0.1) is 39.5 Å². The van der Waals surface area contributed by atoms with E-state index < -0.39 is 61.4 Å². The summed E-state index contributed by atoms with van der Waals surface area (Å²) < 4.78 is 95.6. The summed E-state index contributed by atoms with van der Waals surface area (Å²) in [6.45, 7) is -1.96. The zero-order chi connectivity index (χ0) is 31.5. The molecule has 1 saturated carbocycles. The van der Waals surface area contributed by atoms with Crippen LogP contribution in [-0.4, -0.2) is 74.5 Å². The third-order valence-corrected chi connectivity index (χ3v) is 6.97. The average Bonchev–Trinajstić information content (AvgIpc) is 3.50. The molecule has 0 unspecified atom stereocenters. The van der Waals surface area contributed by atoms with Gasteiger partial charge in [0, 0.05) is 0 Å². The molecule has 0 spiro atoms. The van der Waals surface area contributed by atoms with E-state index in [9.17, 15) is 31.5 Å². The van der Waals surface area contributed by atoms with Gasteiger partial charge in [-0.15, -0.1) is 0 Å². The number of urea groups is 1. The van der Waals surface area contributed by atoms with Crippen LogP contribution in [0.3, 0.4) is 0 Å². The molecule has 1 aliphatic heterocycles. The van der Waals surface area contributed by atoms with Gasteiger partial charge in [-0.3, -0.25) is 4.79 Å². The number of amides is 3. The van der Waals surface area contributed by atoms with Crippen molar-refractivity contribution in [3.63, 3.8) is 0 Å². The number of H-pyrrole nitrogens is 1. The number of hydrogen-bond donors (Lipinski definition) is 3. The van der Waals surface area contributed by atoms with Crippen LogP contribution in [0.25, 0.3) is 11.0 Å². The van der Waals surface area contributed by atoms with E-state index in [1.165, 1.54) is 25.1 Å². The van der Waals surface area contributed by atoms with Gasteiger partial charge in [0.1, 0.15) is 17.6 Å². The SMILES string of the molecule is [2H]C1([2H])N([C@@H](c2ccc3nc([C@H](COC(C)(C)C(F)(F)F)NC(=O)c4nonc4C)[nH]c3c2)C2CC2)C(=O)NCC1(F)F. The van der Waals surface area contributed by atoms with Gasteiger partial charge in [-0.25, -0.2) is 23.2 Å². The number of imidazole rings is 1. The maximum absolute atomic E-state index is 14.6. The number of carbonyl (C=O) groups is 2. The van der Waals surface area contributed by atoms with Crippen LogP contribution in [0.5, 0.6) is 0 Å². The number of nitrogens with one attached hydrogen (secondary N) is 3. The molecule has 11 nitrogen and oxygen atoms in total. The van der Waals surface area contributed by atoms with Crippen molar-refractivity contribution >= 4 is 23.0 Å². The normalized spacial score (nSPS) is 21.2. The maximum Gasteiger partial charge on any atom is 0.416 e. The highest BCUT2D eigenvalue weighted by molar-refractivity contribution is 5.93. The molecule has 16 heteroatoms. The molecular weight excluding hydrogens is 557 g/mol. The number of nitrogens with zero attached hydrogens (tertiary/aromatic N) is 4. The number of aromatic amines is 1. The van der Waals surface area contributed by atoms with Gasteiger partial charge < -0.3 is 25.3 Å². The number of ether oxygens (including phenoxy) is 1. The van der Waals surface area contributed by atoms with Gasteiger partial charge in [-0.05, 0) is 62.4 Å². The fourth-order valence-corrected chi connectivity index (χ4v) is 4.40. The Kier molecular flexibility index (Phi) is 6.51. The van der Waals surface area contributed by atoms with Gasteiger partial charge in [-0.1, -0.05) is 11.2 Å². The summed E-state index contributed by atoms with van der Waals surface area (Å²) >= 11 is 0. The Balaban J connectivity index is 1.49. The number of halogens is 5. The number of rotatable bonds is 9. The number of benzene rings is 1. The van der Waals surface area contributed by atoms with Crippen molar-refractivity contribution in [2.45, 2.75) is 63.4 Å². The molecule has 1 saturated heterocycles. The monoisotopic (exact) mass is 587 g/mol. The Hall–Kier alpha value is -3.82. The molecule has 1 aliphatic carbocycles. The molecule has 3 N–H and O–H groups in total. The molecule has 2 aliphatic rings. The molecule has 2 aromatic heterocycles. The van der Waals surface area contributed by atoms with E-state index in [0.29, 0.717) is 34.3 Å². The molecule has 2 atom stereocenters. The first kappa shape index (κ1) is 26.1. The van der Waals surface area contributed by atoms with Crippen molar-refractivity contribution in [2.75, 3.05) is 19.6 Å². The first-order valence-corrected chi connectivity index (χ1v) is 12.7. The molecular formula is C25H28F5N7O4. The number of carbonyl (C=O) groups excluding carboxylic acids is 2. The predicted octanol–water partition coefficient (Wildman–Crippen LogP) is 4.19. The Morgan fingerprint density at radius 3 is 2.68 bits per heavy atom. The molecule has 222 valence electrons. The quantitative estimate of drug-likeness (QED) is 0.319. The average molecular weight is 588 g/mol. The van der Waals surface area contributed by atoms with Crippen LogP contribution in [-0.2, 0) is 4.74 Å². The van der Waals surface area contributed by atoms with E-state index in [0.717, 1.165) is 13.8 Å². The number of fused-ring (bicyclic) bond motifs is 1. The van der Waals surface area contributed by atoms with Crippen molar-refractivity contribution < 1.29 is 43.6 Å². The van der Waals surface area contributed by atoms with Gasteiger partial charge >= 0.3 is 12.2 Å². The summed E-state index contributed by atoms with van der Waals surface area (Å²) in [5, 5.41) is 11.6. The van der Waals surface area contributed by atoms with Crippen molar-refractivity contribution in [2.24, 2.45) is 5.92 Å². The van der Waals surface area contributed by atoms with E-state index in [1.807, 2.05) is 0 Å². The minimum absolute atomic E-state index is 0.00753. The lowest BCUT2D eigenvalue weighted by molar-refractivity contribution is -0.265. The predicted molar refractivity (Wildman–Crippen MR) is 132 cm³/mol. The number of hydrogen-bond acceptors (Lipinski definition) is 7. The summed E-state index contributed by atoms with van der Waals surface area (Å²) in [7, 11) is 0. The fourth-order valence-electron chi connectivity index (χ4n) is 4.40. The van der Waals surface area contributed by atoms with Crippen LogP contribution in [0.15, 0.2) is 22.8 Å². The molecule has 3 aromatic rings. The lowest BCUT2D eigenvalue weighted by atomic mass is 9.99. The lowest BCUT2D eigenvalue weighted by Crippen LogP contribution is -2.58. The zero-order valence-electron chi connectivity index (χ0n) is 24.1. The van der Waals surface area contributed by atoms with Gasteiger partial charge in [-0.2, -0.15) is 13.2 Å². The molecule has 3 heterocycles. The molecule has 5 rings (SSSR count). The highest BCUT2D eigenvalue weighted by Crippen LogP contribution is 2.46. The minimum atomic E-state index is -4.72. The molecule has 1 aromatic carbocycles. The highest BCUT2D eigenvalue weighted by atomic mass is 19.4. The Morgan fingerprint density at radius 1 is 1.32 bits per heavy atom. The van der Waals surface area contributed by atoms with Crippen LogP contribution < -0.4 is 10.6 Å². The third-order valence-electron chi connectivity index (χ3n) is 6.97. The van der Waals surface area contributed by atoms with Gasteiger partial charge in [0.2, 0.25) is 0 Å². The van der Waals surface area contributed by atoms with E-state index in [-0.39, 0.29) is 23.1 Å². The fraction of sp³-hybridized carbons (Fsp3) is 0.560. The van der Waals surface area contributed by atoms with Crippen molar-refractivity contribution in [3.8, 4) is 0 Å². The maximum atomic E-state index is 14.6. The zero-order valence-corrected chi connectivity index (χ0v) is 22.1. The summed E-state index contributed by atoms with van der Waals surface area (Å²) in [5.74, 6) is -4.94. The minimum Gasteiger partial charge on any atom is -0.364 e. The smallest absolute Gasteiger partial charge is 0.364 e. The molecule has 0 bridgehead atoms. The number of aromatic nitrogens is 4. The molecule has 41 heavy (non-hydrogen) atoms. The van der Waals surface area contributed by atoms with Crippen LogP contribution in [0.1, 0.15) is 69.1 Å². The largest absolute Gasteiger partial charge is 0.416 e. The molecule has 0 radical (unpaired) electrons. The second-order valence-electron chi connectivity index (χ2n) is 10.6. The number of alkyl halides is 5. The van der Waals surface area contributed by atoms with Crippen molar-refractivity contribution in [1.82, 2.24) is 35.8 Å². The van der Waals surface area contributed by atoms with Crippen LogP contribution >= 0.6 is 0 Å². The van der Waals surface area contributed by atoms with Crippen LogP contribution in [0.2, 0.25) is 0 Å². The third kappa shape index (κ3) is 5.96. The first-order chi connectivity index (χ1) is 19.9. The van der Waals surface area contributed by atoms with E-state index in [1.54, 1.807) is 0 Å². The summed E-state index contributed by atoms with van der Waals surface area (Å²) in [6.07, 6.45) is -3.56. The topological polar surface area (TPSA) is 138 Å². The summed E-state index contributed by atoms with van der Waals surface area (Å²) in [6, 6.07) is 1.28. The van der Waals surface area contributed by atoms with E-state index in [4.69, 9.17) is 7.48 Å². The summed E-state index contributed by atoms with van der Waals surface area (Å²) in [4.78, 5) is 33.4. The Bertz CT molecular complexity index is 1540. The second kappa shape index (κ2) is 10.2.